The molecule has 1 saturated carbocycles. The highest BCUT2D eigenvalue weighted by molar-refractivity contribution is 5.99. The van der Waals surface area contributed by atoms with Crippen molar-refractivity contribution in [2.24, 2.45) is 0 Å². The van der Waals surface area contributed by atoms with E-state index in [0.717, 1.165) is 31.7 Å². The summed E-state index contributed by atoms with van der Waals surface area (Å²) in [7, 11) is 0. The number of benzene rings is 2. The highest BCUT2D eigenvalue weighted by Gasteiger charge is 2.20. The molecule has 2 aliphatic rings. The molecule has 0 saturated heterocycles. The molecular formula is C24H28N2O. The van der Waals surface area contributed by atoms with Gasteiger partial charge in [0.25, 0.3) is 0 Å². The van der Waals surface area contributed by atoms with E-state index >= 15 is 0 Å². The van der Waals surface area contributed by atoms with Gasteiger partial charge in [-0.25, -0.2) is 0 Å². The molecule has 0 spiro atoms. The van der Waals surface area contributed by atoms with Gasteiger partial charge in [-0.15, -0.1) is 0 Å². The minimum atomic E-state index is 0.367. The number of aromatic amines is 1. The van der Waals surface area contributed by atoms with Crippen LogP contribution in [0.5, 0.6) is 5.75 Å². The van der Waals surface area contributed by atoms with Gasteiger partial charge < -0.3 is 15.0 Å². The van der Waals surface area contributed by atoms with Gasteiger partial charge in [0.15, 0.2) is 0 Å². The fourth-order valence-corrected chi connectivity index (χ4v) is 4.79. The van der Waals surface area contributed by atoms with Crippen LogP contribution in [0.1, 0.15) is 43.4 Å². The molecule has 3 aromatic rings. The van der Waals surface area contributed by atoms with Gasteiger partial charge >= 0.3 is 0 Å². The molecule has 27 heavy (non-hydrogen) atoms. The van der Waals surface area contributed by atoms with Crippen LogP contribution in [-0.4, -0.2) is 24.2 Å². The molecule has 0 amide bonds. The van der Waals surface area contributed by atoms with Crippen LogP contribution in [0.15, 0.2) is 42.5 Å². The minimum absolute atomic E-state index is 0.367. The number of H-pyrrole nitrogens is 1. The van der Waals surface area contributed by atoms with Crippen molar-refractivity contribution < 1.29 is 4.74 Å². The number of hydrogen-bond acceptors (Lipinski definition) is 2. The van der Waals surface area contributed by atoms with E-state index in [-0.39, 0.29) is 0 Å². The molecule has 0 bridgehead atoms. The van der Waals surface area contributed by atoms with E-state index in [0.29, 0.717) is 6.10 Å². The molecule has 5 rings (SSSR count). The molecule has 2 heterocycles. The minimum Gasteiger partial charge on any atom is -0.490 e. The van der Waals surface area contributed by atoms with E-state index in [9.17, 15) is 0 Å². The molecule has 1 aliphatic carbocycles. The Hall–Kier alpha value is -2.26. The van der Waals surface area contributed by atoms with Crippen molar-refractivity contribution in [1.82, 2.24) is 10.3 Å². The lowest BCUT2D eigenvalue weighted by atomic mass is 9.95. The molecule has 140 valence electrons. The Morgan fingerprint density at radius 3 is 2.56 bits per heavy atom. The summed E-state index contributed by atoms with van der Waals surface area (Å²) in [6, 6.07) is 15.3. The molecule has 1 fully saturated rings. The summed E-state index contributed by atoms with van der Waals surface area (Å²) in [6.45, 7) is 2.10. The van der Waals surface area contributed by atoms with Gasteiger partial charge in [0.05, 0.1) is 6.10 Å². The quantitative estimate of drug-likeness (QED) is 0.671. The third-order valence-corrected chi connectivity index (χ3v) is 6.14. The lowest BCUT2D eigenvalue weighted by Crippen LogP contribution is -2.19. The zero-order valence-electron chi connectivity index (χ0n) is 15.9. The summed E-state index contributed by atoms with van der Waals surface area (Å²) in [5, 5.41) is 4.91. The van der Waals surface area contributed by atoms with Gasteiger partial charge in [-0.1, -0.05) is 36.8 Å². The Morgan fingerprint density at radius 2 is 1.63 bits per heavy atom. The summed E-state index contributed by atoms with van der Waals surface area (Å²) in [6.07, 6.45) is 8.83. The average molecular weight is 361 g/mol. The average Bonchev–Trinajstić information content (AvgIpc) is 2.91. The lowest BCUT2D eigenvalue weighted by Gasteiger charge is -2.24. The lowest BCUT2D eigenvalue weighted by molar-refractivity contribution is 0.156. The number of aromatic nitrogens is 1. The SMILES string of the molecule is c1ccc(-c2cccc3[nH]c4c(c23)CCNCC4)c(OC2CCCCC2)c1. The summed E-state index contributed by atoms with van der Waals surface area (Å²) in [4.78, 5) is 3.69. The van der Waals surface area contributed by atoms with E-state index in [1.165, 1.54) is 65.4 Å². The van der Waals surface area contributed by atoms with Crippen molar-refractivity contribution in [2.75, 3.05) is 13.1 Å². The molecule has 1 aromatic heterocycles. The maximum Gasteiger partial charge on any atom is 0.127 e. The zero-order chi connectivity index (χ0) is 18.1. The van der Waals surface area contributed by atoms with Crippen LogP contribution in [-0.2, 0) is 12.8 Å². The monoisotopic (exact) mass is 360 g/mol. The molecule has 0 radical (unpaired) electrons. The first-order chi connectivity index (χ1) is 13.4. The third-order valence-electron chi connectivity index (χ3n) is 6.14. The van der Waals surface area contributed by atoms with Gasteiger partial charge in [-0.2, -0.15) is 0 Å². The van der Waals surface area contributed by atoms with Crippen molar-refractivity contribution in [2.45, 2.75) is 51.0 Å². The first-order valence-corrected chi connectivity index (χ1v) is 10.5. The Bertz CT molecular complexity index is 937. The highest BCUT2D eigenvalue weighted by atomic mass is 16.5. The summed E-state index contributed by atoms with van der Waals surface area (Å²) >= 11 is 0. The smallest absolute Gasteiger partial charge is 0.127 e. The molecule has 2 N–H and O–H groups in total. The number of nitrogens with one attached hydrogen (secondary N) is 2. The Morgan fingerprint density at radius 1 is 0.815 bits per heavy atom. The third kappa shape index (κ3) is 3.25. The number of para-hydroxylation sites is 1. The fraction of sp³-hybridized carbons (Fsp3) is 0.417. The fourth-order valence-electron chi connectivity index (χ4n) is 4.79. The molecule has 2 aromatic carbocycles. The maximum absolute atomic E-state index is 6.51. The zero-order valence-corrected chi connectivity index (χ0v) is 15.9. The van der Waals surface area contributed by atoms with Crippen LogP contribution in [0.25, 0.3) is 22.0 Å². The van der Waals surface area contributed by atoms with Crippen molar-refractivity contribution in [3.63, 3.8) is 0 Å². The summed E-state index contributed by atoms with van der Waals surface area (Å²) < 4.78 is 6.51. The largest absolute Gasteiger partial charge is 0.490 e. The molecule has 1 aliphatic heterocycles. The predicted octanol–water partition coefficient (Wildman–Crippen LogP) is 5.23. The van der Waals surface area contributed by atoms with Crippen LogP contribution in [0.2, 0.25) is 0 Å². The molecule has 3 heteroatoms. The van der Waals surface area contributed by atoms with Gasteiger partial charge in [0.1, 0.15) is 5.75 Å². The van der Waals surface area contributed by atoms with Crippen molar-refractivity contribution in [3.05, 3.63) is 53.7 Å². The van der Waals surface area contributed by atoms with E-state index in [2.05, 4.69) is 52.8 Å². The second kappa shape index (κ2) is 7.40. The van der Waals surface area contributed by atoms with E-state index in [1.54, 1.807) is 0 Å². The predicted molar refractivity (Wildman–Crippen MR) is 112 cm³/mol. The molecule has 0 unspecified atom stereocenters. The molecule has 3 nitrogen and oxygen atoms in total. The molecular weight excluding hydrogens is 332 g/mol. The van der Waals surface area contributed by atoms with Gasteiger partial charge in [-0.05, 0) is 61.9 Å². The number of fused-ring (bicyclic) bond motifs is 3. The Kier molecular flexibility index (Phi) is 4.62. The van der Waals surface area contributed by atoms with Gasteiger partial charge in [-0.3, -0.25) is 0 Å². The normalized spacial score (nSPS) is 18.2. The van der Waals surface area contributed by atoms with Crippen molar-refractivity contribution in [1.29, 1.82) is 0 Å². The first kappa shape index (κ1) is 16.9. The Labute approximate surface area is 161 Å². The number of rotatable bonds is 3. The van der Waals surface area contributed by atoms with Crippen LogP contribution < -0.4 is 10.1 Å². The number of ether oxygens (including phenoxy) is 1. The Balaban J connectivity index is 1.60. The van der Waals surface area contributed by atoms with Crippen LogP contribution in [0.3, 0.4) is 0 Å². The van der Waals surface area contributed by atoms with Crippen LogP contribution in [0.4, 0.5) is 0 Å². The number of hydrogen-bond donors (Lipinski definition) is 2. The first-order valence-electron chi connectivity index (χ1n) is 10.5. The second-order valence-corrected chi connectivity index (χ2v) is 7.93. The highest BCUT2D eigenvalue weighted by Crippen LogP contribution is 2.39. The maximum atomic E-state index is 6.51. The summed E-state index contributed by atoms with van der Waals surface area (Å²) in [5.41, 5.74) is 6.67. The van der Waals surface area contributed by atoms with E-state index in [4.69, 9.17) is 4.74 Å². The van der Waals surface area contributed by atoms with E-state index in [1.807, 2.05) is 0 Å². The van der Waals surface area contributed by atoms with Crippen molar-refractivity contribution >= 4 is 10.9 Å². The summed E-state index contributed by atoms with van der Waals surface area (Å²) in [5.74, 6) is 1.04. The second-order valence-electron chi connectivity index (χ2n) is 7.93. The van der Waals surface area contributed by atoms with Gasteiger partial charge in [0, 0.05) is 35.1 Å². The van der Waals surface area contributed by atoms with E-state index < -0.39 is 0 Å². The van der Waals surface area contributed by atoms with Gasteiger partial charge in [0.2, 0.25) is 0 Å². The van der Waals surface area contributed by atoms with Crippen molar-refractivity contribution in [3.8, 4) is 16.9 Å². The standard InChI is InChI=1S/C24H28N2O/c1-2-7-17(8-3-1)27-23-12-5-4-9-18(23)19-10-6-11-22-24(19)20-13-15-25-16-14-21(20)26-22/h4-6,9-12,17,25-26H,1-3,7-8,13-16H2. The van der Waals surface area contributed by atoms with Crippen LogP contribution in [0, 0.1) is 0 Å². The van der Waals surface area contributed by atoms with Crippen LogP contribution >= 0.6 is 0 Å². The molecule has 0 atom stereocenters. The topological polar surface area (TPSA) is 37.0 Å².